The average molecular weight is 315 g/mol. The van der Waals surface area contributed by atoms with Crippen LogP contribution in [0.15, 0.2) is 24.3 Å². The number of carbonyl (C=O) groups excluding carboxylic acids is 2. The molecule has 5 heteroatoms. The molecular weight excluding hydrogens is 290 g/mol. The van der Waals surface area contributed by atoms with Gasteiger partial charge in [-0.15, -0.1) is 0 Å². The summed E-state index contributed by atoms with van der Waals surface area (Å²) in [5, 5.41) is 6.25. The highest BCUT2D eigenvalue weighted by Gasteiger charge is 2.20. The van der Waals surface area contributed by atoms with E-state index in [2.05, 4.69) is 10.6 Å². The highest BCUT2D eigenvalue weighted by atomic mass is 16.2. The van der Waals surface area contributed by atoms with Gasteiger partial charge < -0.3 is 15.5 Å². The Morgan fingerprint density at radius 3 is 2.39 bits per heavy atom. The lowest BCUT2D eigenvalue weighted by atomic mass is 9.94. The molecule has 0 saturated carbocycles. The number of nitrogens with one attached hydrogen (secondary N) is 2. The van der Waals surface area contributed by atoms with Crippen molar-refractivity contribution in [3.8, 4) is 0 Å². The Morgan fingerprint density at radius 2 is 1.74 bits per heavy atom. The summed E-state index contributed by atoms with van der Waals surface area (Å²) in [5.74, 6) is 0.637. The van der Waals surface area contributed by atoms with E-state index in [1.165, 1.54) is 0 Å². The van der Waals surface area contributed by atoms with E-state index in [9.17, 15) is 9.59 Å². The summed E-state index contributed by atoms with van der Waals surface area (Å²) in [6, 6.07) is 7.26. The highest BCUT2D eigenvalue weighted by molar-refractivity contribution is 5.96. The standard InChI is InChI=1S/C18H25N3O2/c22-17(13-14-7-9-19-10-8-14)20-16-5-3-15(4-6-16)18(23)21-11-1-2-12-21/h3-6,14,19H,1-2,7-13H2,(H,20,22). The fraction of sp³-hybridized carbons (Fsp3) is 0.556. The lowest BCUT2D eigenvalue weighted by molar-refractivity contribution is -0.117. The second kappa shape index (κ2) is 7.59. The minimum absolute atomic E-state index is 0.0653. The zero-order chi connectivity index (χ0) is 16.1. The number of amides is 2. The summed E-state index contributed by atoms with van der Waals surface area (Å²) >= 11 is 0. The molecule has 124 valence electrons. The third-order valence-electron chi connectivity index (χ3n) is 4.74. The fourth-order valence-electron chi connectivity index (χ4n) is 3.36. The quantitative estimate of drug-likeness (QED) is 0.896. The first-order valence-corrected chi connectivity index (χ1v) is 8.62. The first-order valence-electron chi connectivity index (χ1n) is 8.62. The number of nitrogens with zero attached hydrogens (tertiary/aromatic N) is 1. The summed E-state index contributed by atoms with van der Waals surface area (Å²) in [5.41, 5.74) is 1.46. The van der Waals surface area contributed by atoms with Gasteiger partial charge >= 0.3 is 0 Å². The Balaban J connectivity index is 1.52. The molecule has 0 atom stereocenters. The zero-order valence-electron chi connectivity index (χ0n) is 13.5. The van der Waals surface area contributed by atoms with Crippen molar-refractivity contribution >= 4 is 17.5 Å². The topological polar surface area (TPSA) is 61.4 Å². The Kier molecular flexibility index (Phi) is 5.28. The van der Waals surface area contributed by atoms with Crippen LogP contribution < -0.4 is 10.6 Å². The van der Waals surface area contributed by atoms with Crippen LogP contribution in [0, 0.1) is 5.92 Å². The summed E-state index contributed by atoms with van der Waals surface area (Å²) < 4.78 is 0. The number of benzene rings is 1. The third kappa shape index (κ3) is 4.32. The summed E-state index contributed by atoms with van der Waals surface area (Å²) in [6.45, 7) is 3.72. The number of hydrogen-bond donors (Lipinski definition) is 2. The van der Waals surface area contributed by atoms with Crippen LogP contribution in [-0.4, -0.2) is 42.9 Å². The molecule has 5 nitrogen and oxygen atoms in total. The van der Waals surface area contributed by atoms with E-state index < -0.39 is 0 Å². The van der Waals surface area contributed by atoms with Gasteiger partial charge in [0.15, 0.2) is 0 Å². The molecule has 2 fully saturated rings. The molecule has 0 bridgehead atoms. The molecule has 2 saturated heterocycles. The number of carbonyl (C=O) groups is 2. The predicted octanol–water partition coefficient (Wildman–Crippen LogP) is 2.25. The molecule has 2 amide bonds. The number of anilines is 1. The van der Waals surface area contributed by atoms with Crippen molar-refractivity contribution in [2.45, 2.75) is 32.1 Å². The smallest absolute Gasteiger partial charge is 0.253 e. The Labute approximate surface area is 137 Å². The van der Waals surface area contributed by atoms with Crippen molar-refractivity contribution in [2.75, 3.05) is 31.5 Å². The molecule has 3 rings (SSSR count). The van der Waals surface area contributed by atoms with Gasteiger partial charge in [-0.3, -0.25) is 9.59 Å². The number of hydrogen-bond acceptors (Lipinski definition) is 3. The SMILES string of the molecule is O=C(CC1CCNCC1)Nc1ccc(C(=O)N2CCCC2)cc1. The van der Waals surface area contributed by atoms with Gasteiger partial charge in [0.05, 0.1) is 0 Å². The molecular formula is C18H25N3O2. The Hall–Kier alpha value is -1.88. The molecule has 2 aliphatic rings. The highest BCUT2D eigenvalue weighted by Crippen LogP contribution is 2.18. The number of piperidine rings is 1. The summed E-state index contributed by atoms with van der Waals surface area (Å²) in [6.07, 6.45) is 4.90. The van der Waals surface area contributed by atoms with Crippen LogP contribution in [0.2, 0.25) is 0 Å². The molecule has 1 aromatic carbocycles. The first-order chi connectivity index (χ1) is 11.2. The van der Waals surface area contributed by atoms with Crippen molar-refractivity contribution < 1.29 is 9.59 Å². The first kappa shape index (κ1) is 16.0. The van der Waals surface area contributed by atoms with Crippen LogP contribution in [0.4, 0.5) is 5.69 Å². The van der Waals surface area contributed by atoms with Gasteiger partial charge in [0.25, 0.3) is 5.91 Å². The minimum atomic E-state index is 0.0653. The van der Waals surface area contributed by atoms with Crippen molar-refractivity contribution in [3.63, 3.8) is 0 Å². The number of rotatable bonds is 4. The van der Waals surface area contributed by atoms with Gasteiger partial charge in [-0.2, -0.15) is 0 Å². The monoisotopic (exact) mass is 315 g/mol. The van der Waals surface area contributed by atoms with Gasteiger partial charge in [0.2, 0.25) is 5.91 Å². The van der Waals surface area contributed by atoms with Crippen molar-refractivity contribution in [3.05, 3.63) is 29.8 Å². The van der Waals surface area contributed by atoms with E-state index in [1.54, 1.807) is 12.1 Å². The molecule has 1 aromatic rings. The lowest BCUT2D eigenvalue weighted by Crippen LogP contribution is -2.30. The van der Waals surface area contributed by atoms with Gasteiger partial charge in [-0.1, -0.05) is 0 Å². The molecule has 2 N–H and O–H groups in total. The van der Waals surface area contributed by atoms with Crippen molar-refractivity contribution in [2.24, 2.45) is 5.92 Å². The van der Waals surface area contributed by atoms with E-state index >= 15 is 0 Å². The van der Waals surface area contributed by atoms with Crippen LogP contribution >= 0.6 is 0 Å². The van der Waals surface area contributed by atoms with Gasteiger partial charge in [0.1, 0.15) is 0 Å². The maximum atomic E-state index is 12.3. The van der Waals surface area contributed by atoms with E-state index in [0.717, 1.165) is 57.5 Å². The molecule has 2 heterocycles. The fourth-order valence-corrected chi connectivity index (χ4v) is 3.36. The lowest BCUT2D eigenvalue weighted by Gasteiger charge is -2.22. The number of likely N-dealkylation sites (tertiary alicyclic amines) is 1. The molecule has 0 spiro atoms. The second-order valence-electron chi connectivity index (χ2n) is 6.52. The predicted molar refractivity (Wildman–Crippen MR) is 90.4 cm³/mol. The zero-order valence-corrected chi connectivity index (χ0v) is 13.5. The molecule has 23 heavy (non-hydrogen) atoms. The van der Waals surface area contributed by atoms with Crippen LogP contribution in [0.5, 0.6) is 0 Å². The third-order valence-corrected chi connectivity index (χ3v) is 4.74. The second-order valence-corrected chi connectivity index (χ2v) is 6.52. The maximum Gasteiger partial charge on any atom is 0.253 e. The largest absolute Gasteiger partial charge is 0.339 e. The van der Waals surface area contributed by atoms with Gasteiger partial charge in [0, 0.05) is 30.8 Å². The van der Waals surface area contributed by atoms with Crippen molar-refractivity contribution in [1.82, 2.24) is 10.2 Å². The molecule has 0 unspecified atom stereocenters. The minimum Gasteiger partial charge on any atom is -0.339 e. The van der Waals surface area contributed by atoms with Crippen LogP contribution in [-0.2, 0) is 4.79 Å². The van der Waals surface area contributed by atoms with E-state index in [4.69, 9.17) is 0 Å². The van der Waals surface area contributed by atoms with E-state index in [1.807, 2.05) is 17.0 Å². The van der Waals surface area contributed by atoms with Crippen LogP contribution in [0.3, 0.4) is 0 Å². The van der Waals surface area contributed by atoms with Crippen molar-refractivity contribution in [1.29, 1.82) is 0 Å². The molecule has 0 aromatic heterocycles. The van der Waals surface area contributed by atoms with E-state index in [0.29, 0.717) is 17.9 Å². The van der Waals surface area contributed by atoms with E-state index in [-0.39, 0.29) is 11.8 Å². The van der Waals surface area contributed by atoms with Gasteiger partial charge in [-0.25, -0.2) is 0 Å². The maximum absolute atomic E-state index is 12.3. The molecule has 0 radical (unpaired) electrons. The molecule has 2 aliphatic heterocycles. The summed E-state index contributed by atoms with van der Waals surface area (Å²) in [7, 11) is 0. The average Bonchev–Trinajstić information content (AvgIpc) is 3.10. The van der Waals surface area contributed by atoms with Crippen LogP contribution in [0.1, 0.15) is 42.5 Å². The summed E-state index contributed by atoms with van der Waals surface area (Å²) in [4.78, 5) is 26.3. The van der Waals surface area contributed by atoms with Gasteiger partial charge in [-0.05, 0) is 69.0 Å². The Bertz CT molecular complexity index is 544. The normalized spacial score (nSPS) is 18.9. The molecule has 0 aliphatic carbocycles. The Morgan fingerprint density at radius 1 is 1.09 bits per heavy atom. The van der Waals surface area contributed by atoms with Crippen LogP contribution in [0.25, 0.3) is 0 Å².